The van der Waals surface area contributed by atoms with E-state index in [9.17, 15) is 4.79 Å². The van der Waals surface area contributed by atoms with Crippen molar-refractivity contribution in [3.8, 4) is 0 Å². The van der Waals surface area contributed by atoms with Crippen molar-refractivity contribution in [3.63, 3.8) is 0 Å². The van der Waals surface area contributed by atoms with Gasteiger partial charge in [0.05, 0.1) is 10.0 Å². The third-order valence-electron chi connectivity index (χ3n) is 2.71. The van der Waals surface area contributed by atoms with Crippen molar-refractivity contribution in [2.45, 2.75) is 12.8 Å². The number of anilines is 1. The largest absolute Gasteiger partial charge is 0.326 e. The minimum absolute atomic E-state index is 0.0396. The molecule has 0 bridgehead atoms. The fourth-order valence-corrected chi connectivity index (χ4v) is 2.15. The van der Waals surface area contributed by atoms with Gasteiger partial charge in [0, 0.05) is 12.1 Å². The molecule has 19 heavy (non-hydrogen) atoms. The number of benzene rings is 2. The van der Waals surface area contributed by atoms with E-state index in [1.807, 2.05) is 42.5 Å². The predicted octanol–water partition coefficient (Wildman–Crippen LogP) is 4.56. The maximum absolute atomic E-state index is 11.8. The zero-order chi connectivity index (χ0) is 13.7. The van der Waals surface area contributed by atoms with Gasteiger partial charge in [0.2, 0.25) is 5.91 Å². The first-order chi connectivity index (χ1) is 9.16. The van der Waals surface area contributed by atoms with Crippen molar-refractivity contribution in [2.75, 3.05) is 5.32 Å². The first-order valence-electron chi connectivity index (χ1n) is 5.94. The molecule has 0 saturated heterocycles. The molecule has 0 aliphatic rings. The maximum Gasteiger partial charge on any atom is 0.224 e. The summed E-state index contributed by atoms with van der Waals surface area (Å²) in [6, 6.07) is 14.8. The van der Waals surface area contributed by atoms with Gasteiger partial charge >= 0.3 is 0 Å². The van der Waals surface area contributed by atoms with E-state index >= 15 is 0 Å². The van der Waals surface area contributed by atoms with Crippen LogP contribution in [0.4, 0.5) is 5.69 Å². The Hall–Kier alpha value is -1.51. The van der Waals surface area contributed by atoms with Gasteiger partial charge in [-0.1, -0.05) is 53.5 Å². The van der Waals surface area contributed by atoms with Crippen molar-refractivity contribution in [3.05, 3.63) is 64.1 Å². The van der Waals surface area contributed by atoms with Crippen LogP contribution in [0.1, 0.15) is 12.0 Å². The second kappa shape index (κ2) is 6.60. The van der Waals surface area contributed by atoms with Crippen LogP contribution in [-0.4, -0.2) is 5.91 Å². The molecular weight excluding hydrogens is 281 g/mol. The van der Waals surface area contributed by atoms with E-state index in [2.05, 4.69) is 5.32 Å². The molecule has 1 amide bonds. The van der Waals surface area contributed by atoms with Gasteiger partial charge in [-0.05, 0) is 30.2 Å². The monoisotopic (exact) mass is 293 g/mol. The molecule has 0 aliphatic carbocycles. The Morgan fingerprint density at radius 3 is 2.47 bits per heavy atom. The zero-order valence-corrected chi connectivity index (χ0v) is 11.7. The van der Waals surface area contributed by atoms with E-state index in [1.54, 1.807) is 6.07 Å². The molecule has 0 unspecified atom stereocenters. The standard InChI is InChI=1S/C15H13Cl2NO/c16-13-8-4-5-11(15(13)17)9-10-14(19)18-12-6-2-1-3-7-12/h1-8H,9-10H2,(H,18,19). The molecule has 0 aliphatic heterocycles. The van der Waals surface area contributed by atoms with Crippen molar-refractivity contribution >= 4 is 34.8 Å². The summed E-state index contributed by atoms with van der Waals surface area (Å²) in [6.07, 6.45) is 0.938. The summed E-state index contributed by atoms with van der Waals surface area (Å²) in [6.45, 7) is 0. The Morgan fingerprint density at radius 2 is 1.74 bits per heavy atom. The van der Waals surface area contributed by atoms with Crippen LogP contribution in [0, 0.1) is 0 Å². The molecule has 2 rings (SSSR count). The molecule has 0 spiro atoms. The smallest absolute Gasteiger partial charge is 0.224 e. The van der Waals surface area contributed by atoms with Gasteiger partial charge in [0.25, 0.3) is 0 Å². The van der Waals surface area contributed by atoms with Crippen LogP contribution in [0.5, 0.6) is 0 Å². The molecule has 98 valence electrons. The second-order valence-electron chi connectivity index (χ2n) is 4.13. The fraction of sp³-hybridized carbons (Fsp3) is 0.133. The van der Waals surface area contributed by atoms with Crippen molar-refractivity contribution in [1.29, 1.82) is 0 Å². The van der Waals surface area contributed by atoms with E-state index in [-0.39, 0.29) is 5.91 Å². The maximum atomic E-state index is 11.8. The molecule has 2 aromatic carbocycles. The van der Waals surface area contributed by atoms with Crippen LogP contribution >= 0.6 is 23.2 Å². The van der Waals surface area contributed by atoms with E-state index in [0.717, 1.165) is 11.3 Å². The van der Waals surface area contributed by atoms with Gasteiger partial charge < -0.3 is 5.32 Å². The average molecular weight is 294 g/mol. The highest BCUT2D eigenvalue weighted by Gasteiger charge is 2.07. The van der Waals surface area contributed by atoms with Crippen LogP contribution in [0.2, 0.25) is 10.0 Å². The predicted molar refractivity (Wildman–Crippen MR) is 79.9 cm³/mol. The number of carbonyl (C=O) groups excluding carboxylic acids is 1. The molecule has 2 nitrogen and oxygen atoms in total. The Morgan fingerprint density at radius 1 is 1.00 bits per heavy atom. The summed E-state index contributed by atoms with van der Waals surface area (Å²) >= 11 is 12.0. The molecule has 0 atom stereocenters. The summed E-state index contributed by atoms with van der Waals surface area (Å²) in [5, 5.41) is 3.87. The Kier molecular flexibility index (Phi) is 4.83. The molecule has 0 radical (unpaired) electrons. The summed E-state index contributed by atoms with van der Waals surface area (Å²) in [5.41, 5.74) is 1.68. The lowest BCUT2D eigenvalue weighted by Crippen LogP contribution is -2.12. The van der Waals surface area contributed by atoms with Gasteiger partial charge in [-0.25, -0.2) is 0 Å². The highest BCUT2D eigenvalue weighted by molar-refractivity contribution is 6.42. The second-order valence-corrected chi connectivity index (χ2v) is 4.91. The molecule has 0 aromatic heterocycles. The third kappa shape index (κ3) is 3.98. The SMILES string of the molecule is O=C(CCc1cccc(Cl)c1Cl)Nc1ccccc1. The van der Waals surface area contributed by atoms with Crippen molar-refractivity contribution < 1.29 is 4.79 Å². The molecule has 4 heteroatoms. The highest BCUT2D eigenvalue weighted by atomic mass is 35.5. The third-order valence-corrected chi connectivity index (χ3v) is 3.57. The van der Waals surface area contributed by atoms with E-state index in [0.29, 0.717) is 22.9 Å². The number of para-hydroxylation sites is 1. The van der Waals surface area contributed by atoms with Gasteiger partial charge in [0.15, 0.2) is 0 Å². The van der Waals surface area contributed by atoms with E-state index in [4.69, 9.17) is 23.2 Å². The number of nitrogens with one attached hydrogen (secondary N) is 1. The minimum Gasteiger partial charge on any atom is -0.326 e. The number of hydrogen-bond donors (Lipinski definition) is 1. The summed E-state index contributed by atoms with van der Waals surface area (Å²) in [5.74, 6) is -0.0396. The first-order valence-corrected chi connectivity index (χ1v) is 6.70. The lowest BCUT2D eigenvalue weighted by molar-refractivity contribution is -0.116. The van der Waals surface area contributed by atoms with Gasteiger partial charge in [-0.2, -0.15) is 0 Å². The molecular formula is C15H13Cl2NO. The first kappa shape index (κ1) is 13.9. The Labute approximate surface area is 122 Å². The number of halogens is 2. The fourth-order valence-electron chi connectivity index (χ4n) is 1.73. The van der Waals surface area contributed by atoms with Crippen LogP contribution in [-0.2, 0) is 11.2 Å². The van der Waals surface area contributed by atoms with Crippen LogP contribution in [0.3, 0.4) is 0 Å². The van der Waals surface area contributed by atoms with Crippen molar-refractivity contribution in [2.24, 2.45) is 0 Å². The van der Waals surface area contributed by atoms with Crippen molar-refractivity contribution in [1.82, 2.24) is 0 Å². The minimum atomic E-state index is -0.0396. The van der Waals surface area contributed by atoms with E-state index < -0.39 is 0 Å². The number of amides is 1. The summed E-state index contributed by atoms with van der Waals surface area (Å²) < 4.78 is 0. The van der Waals surface area contributed by atoms with Gasteiger partial charge in [0.1, 0.15) is 0 Å². The number of hydrogen-bond acceptors (Lipinski definition) is 1. The lowest BCUT2D eigenvalue weighted by Gasteiger charge is -2.07. The topological polar surface area (TPSA) is 29.1 Å². The molecule has 1 N–H and O–H groups in total. The van der Waals surface area contributed by atoms with Gasteiger partial charge in [-0.15, -0.1) is 0 Å². The van der Waals surface area contributed by atoms with Crippen LogP contribution < -0.4 is 5.32 Å². The molecule has 0 fully saturated rings. The van der Waals surface area contributed by atoms with Gasteiger partial charge in [-0.3, -0.25) is 4.79 Å². The van der Waals surface area contributed by atoms with Crippen LogP contribution in [0.25, 0.3) is 0 Å². The molecule has 0 saturated carbocycles. The lowest BCUT2D eigenvalue weighted by atomic mass is 10.1. The highest BCUT2D eigenvalue weighted by Crippen LogP contribution is 2.26. The summed E-state index contributed by atoms with van der Waals surface area (Å²) in [7, 11) is 0. The Balaban J connectivity index is 1.92. The summed E-state index contributed by atoms with van der Waals surface area (Å²) in [4.78, 5) is 11.8. The van der Waals surface area contributed by atoms with E-state index in [1.165, 1.54) is 0 Å². The number of carbonyl (C=O) groups is 1. The molecule has 0 heterocycles. The average Bonchev–Trinajstić information content (AvgIpc) is 2.42. The number of rotatable bonds is 4. The zero-order valence-electron chi connectivity index (χ0n) is 10.2. The van der Waals surface area contributed by atoms with Crippen LogP contribution in [0.15, 0.2) is 48.5 Å². The molecule has 2 aromatic rings. The number of aryl methyl sites for hydroxylation is 1. The Bertz CT molecular complexity index is 570. The normalized spacial score (nSPS) is 10.2. The quantitative estimate of drug-likeness (QED) is 0.879.